The first-order valence-electron chi connectivity index (χ1n) is 6.02. The number of hydrogen-bond acceptors (Lipinski definition) is 3. The molecule has 0 bridgehead atoms. The van der Waals surface area contributed by atoms with Crippen LogP contribution in [0.5, 0.6) is 0 Å². The number of aromatic nitrogens is 2. The lowest BCUT2D eigenvalue weighted by Crippen LogP contribution is -2.07. The van der Waals surface area contributed by atoms with Crippen molar-refractivity contribution in [2.24, 2.45) is 4.99 Å². The molecule has 0 radical (unpaired) electrons. The summed E-state index contributed by atoms with van der Waals surface area (Å²) in [6.45, 7) is 0. The molecule has 1 heterocycles. The molecule has 0 fully saturated rings. The van der Waals surface area contributed by atoms with Crippen molar-refractivity contribution >= 4 is 35.5 Å². The van der Waals surface area contributed by atoms with E-state index in [1.165, 1.54) is 0 Å². The van der Waals surface area contributed by atoms with Gasteiger partial charge in [0.15, 0.2) is 0 Å². The summed E-state index contributed by atoms with van der Waals surface area (Å²) in [4.78, 5) is 14.2. The van der Waals surface area contributed by atoms with Gasteiger partial charge in [-0.1, -0.05) is 53.5 Å². The lowest BCUT2D eigenvalue weighted by atomic mass is 10.1. The zero-order valence-corrected chi connectivity index (χ0v) is 12.7. The van der Waals surface area contributed by atoms with Gasteiger partial charge in [-0.05, 0) is 5.56 Å². The first kappa shape index (κ1) is 14.8. The number of halogens is 2. The number of rotatable bonds is 4. The molecule has 0 aliphatic rings. The van der Waals surface area contributed by atoms with Crippen LogP contribution < -0.4 is 0 Å². The van der Waals surface area contributed by atoms with E-state index in [9.17, 15) is 0 Å². The minimum atomic E-state index is 0.255. The van der Waals surface area contributed by atoms with Crippen LogP contribution in [0.3, 0.4) is 0 Å². The van der Waals surface area contributed by atoms with E-state index >= 15 is 0 Å². The molecule has 2 aromatic rings. The Morgan fingerprint density at radius 3 is 2.25 bits per heavy atom. The summed E-state index contributed by atoms with van der Waals surface area (Å²) < 4.78 is 0. The number of benzene rings is 1. The second-order valence-corrected chi connectivity index (χ2v) is 5.17. The number of aliphatic imine (C=N–C) groups is 1. The summed E-state index contributed by atoms with van der Waals surface area (Å²) in [5.41, 5.74) is 1.81. The molecular formula is C14H14Cl2N4. The summed E-state index contributed by atoms with van der Waals surface area (Å²) in [6.07, 6.45) is 2.19. The van der Waals surface area contributed by atoms with E-state index < -0.39 is 0 Å². The predicted molar refractivity (Wildman–Crippen MR) is 83.1 cm³/mol. The molecule has 1 aromatic carbocycles. The van der Waals surface area contributed by atoms with Crippen LogP contribution in [-0.4, -0.2) is 35.3 Å². The molecule has 0 unspecified atom stereocenters. The Hall–Kier alpha value is -1.65. The van der Waals surface area contributed by atoms with Crippen molar-refractivity contribution < 1.29 is 0 Å². The SMILES string of the molecule is CN(C)/C=N/c1nc(Cl)c(Cc2ccccc2)c(Cl)n1. The Morgan fingerprint density at radius 1 is 1.10 bits per heavy atom. The average Bonchev–Trinajstić information content (AvgIpc) is 2.42. The molecule has 0 spiro atoms. The van der Waals surface area contributed by atoms with Gasteiger partial charge in [0.2, 0.25) is 0 Å². The summed E-state index contributed by atoms with van der Waals surface area (Å²) >= 11 is 12.4. The molecule has 0 aliphatic heterocycles. The fourth-order valence-electron chi connectivity index (χ4n) is 1.59. The highest BCUT2D eigenvalue weighted by atomic mass is 35.5. The highest BCUT2D eigenvalue weighted by Gasteiger charge is 2.11. The maximum Gasteiger partial charge on any atom is 0.253 e. The maximum atomic E-state index is 6.18. The molecule has 0 aliphatic carbocycles. The Morgan fingerprint density at radius 2 is 1.70 bits per heavy atom. The van der Waals surface area contributed by atoms with Gasteiger partial charge in [0.1, 0.15) is 10.3 Å². The van der Waals surface area contributed by atoms with Gasteiger partial charge in [0.25, 0.3) is 5.95 Å². The van der Waals surface area contributed by atoms with Crippen molar-refractivity contribution in [2.45, 2.75) is 6.42 Å². The van der Waals surface area contributed by atoms with Crippen molar-refractivity contribution in [3.05, 3.63) is 51.8 Å². The van der Waals surface area contributed by atoms with Gasteiger partial charge < -0.3 is 4.90 Å². The first-order chi connectivity index (χ1) is 9.56. The van der Waals surface area contributed by atoms with E-state index in [1.54, 1.807) is 11.2 Å². The van der Waals surface area contributed by atoms with E-state index in [4.69, 9.17) is 23.2 Å². The predicted octanol–water partition coefficient (Wildman–Crippen LogP) is 3.60. The van der Waals surface area contributed by atoms with Gasteiger partial charge in [-0.25, -0.2) is 4.99 Å². The average molecular weight is 309 g/mol. The van der Waals surface area contributed by atoms with Crippen LogP contribution >= 0.6 is 23.2 Å². The topological polar surface area (TPSA) is 41.4 Å². The van der Waals surface area contributed by atoms with Gasteiger partial charge in [0.05, 0.1) is 6.34 Å². The van der Waals surface area contributed by atoms with Crippen LogP contribution in [-0.2, 0) is 6.42 Å². The normalized spacial score (nSPS) is 11.0. The van der Waals surface area contributed by atoms with Crippen LogP contribution in [0.2, 0.25) is 10.3 Å². The smallest absolute Gasteiger partial charge is 0.253 e. The molecule has 104 valence electrons. The largest absolute Gasteiger partial charge is 0.369 e. The highest BCUT2D eigenvalue weighted by molar-refractivity contribution is 6.34. The van der Waals surface area contributed by atoms with Crippen molar-refractivity contribution in [3.63, 3.8) is 0 Å². The third kappa shape index (κ3) is 3.92. The highest BCUT2D eigenvalue weighted by Crippen LogP contribution is 2.26. The van der Waals surface area contributed by atoms with E-state index in [2.05, 4.69) is 15.0 Å². The van der Waals surface area contributed by atoms with E-state index in [0.29, 0.717) is 22.3 Å². The van der Waals surface area contributed by atoms with Crippen LogP contribution in [0.15, 0.2) is 35.3 Å². The van der Waals surface area contributed by atoms with Crippen molar-refractivity contribution in [2.75, 3.05) is 14.1 Å². The van der Waals surface area contributed by atoms with Gasteiger partial charge in [-0.15, -0.1) is 0 Å². The standard InChI is InChI=1S/C14H14Cl2N4/c1-20(2)9-17-14-18-12(15)11(13(16)19-14)8-10-6-4-3-5-7-10/h3-7,9H,8H2,1-2H3/b17-9+. The molecule has 0 amide bonds. The third-order valence-electron chi connectivity index (χ3n) is 2.52. The first-order valence-corrected chi connectivity index (χ1v) is 6.78. The van der Waals surface area contributed by atoms with E-state index in [-0.39, 0.29) is 5.95 Å². The van der Waals surface area contributed by atoms with Gasteiger partial charge >= 0.3 is 0 Å². The van der Waals surface area contributed by atoms with Gasteiger partial charge in [-0.2, -0.15) is 9.97 Å². The van der Waals surface area contributed by atoms with Crippen molar-refractivity contribution in [3.8, 4) is 0 Å². The summed E-state index contributed by atoms with van der Waals surface area (Å²) in [5, 5.41) is 0.666. The molecule has 0 saturated carbocycles. The lowest BCUT2D eigenvalue weighted by Gasteiger charge is -2.07. The molecular weight excluding hydrogens is 295 g/mol. The maximum absolute atomic E-state index is 6.18. The Balaban J connectivity index is 2.27. The summed E-state index contributed by atoms with van der Waals surface area (Å²) in [5.74, 6) is 0.255. The lowest BCUT2D eigenvalue weighted by molar-refractivity contribution is 0.642. The van der Waals surface area contributed by atoms with Gasteiger partial charge in [-0.3, -0.25) is 0 Å². The Bertz CT molecular complexity index is 589. The molecule has 0 N–H and O–H groups in total. The molecule has 4 nitrogen and oxygen atoms in total. The third-order valence-corrected chi connectivity index (χ3v) is 3.15. The minimum Gasteiger partial charge on any atom is -0.369 e. The molecule has 6 heteroatoms. The van der Waals surface area contributed by atoms with Crippen LogP contribution in [0.1, 0.15) is 11.1 Å². The minimum absolute atomic E-state index is 0.255. The van der Waals surface area contributed by atoms with Crippen LogP contribution in [0.4, 0.5) is 5.95 Å². The summed E-state index contributed by atoms with van der Waals surface area (Å²) in [6, 6.07) is 9.90. The fraction of sp³-hybridized carbons (Fsp3) is 0.214. The molecule has 20 heavy (non-hydrogen) atoms. The van der Waals surface area contributed by atoms with Gasteiger partial charge in [0, 0.05) is 26.1 Å². The van der Waals surface area contributed by atoms with Crippen molar-refractivity contribution in [1.82, 2.24) is 14.9 Å². The zero-order valence-electron chi connectivity index (χ0n) is 11.2. The second-order valence-electron chi connectivity index (χ2n) is 4.45. The molecule has 0 atom stereocenters. The Kier molecular flexibility index (Phi) is 4.93. The summed E-state index contributed by atoms with van der Waals surface area (Å²) in [7, 11) is 3.72. The van der Waals surface area contributed by atoms with Crippen LogP contribution in [0.25, 0.3) is 0 Å². The fourth-order valence-corrected chi connectivity index (χ4v) is 2.10. The second kappa shape index (κ2) is 6.68. The molecule has 0 saturated heterocycles. The van der Waals surface area contributed by atoms with Crippen molar-refractivity contribution in [1.29, 1.82) is 0 Å². The van der Waals surface area contributed by atoms with Crippen LogP contribution in [0, 0.1) is 0 Å². The number of hydrogen-bond donors (Lipinski definition) is 0. The quantitative estimate of drug-likeness (QED) is 0.492. The zero-order chi connectivity index (χ0) is 14.5. The number of nitrogens with zero attached hydrogens (tertiary/aromatic N) is 4. The monoisotopic (exact) mass is 308 g/mol. The van der Waals surface area contributed by atoms with E-state index in [0.717, 1.165) is 5.56 Å². The molecule has 2 rings (SSSR count). The Labute approximate surface area is 128 Å². The molecule has 1 aromatic heterocycles. The van der Waals surface area contributed by atoms with E-state index in [1.807, 2.05) is 44.4 Å².